The van der Waals surface area contributed by atoms with E-state index in [2.05, 4.69) is 35.4 Å². The highest BCUT2D eigenvalue weighted by atomic mass is 16.2. The van der Waals surface area contributed by atoms with Crippen LogP contribution < -0.4 is 15.5 Å². The van der Waals surface area contributed by atoms with Gasteiger partial charge in [0.1, 0.15) is 5.41 Å². The summed E-state index contributed by atoms with van der Waals surface area (Å²) in [6, 6.07) is 11.9. The summed E-state index contributed by atoms with van der Waals surface area (Å²) in [6.45, 7) is 12.0. The summed E-state index contributed by atoms with van der Waals surface area (Å²) in [6.07, 6.45) is 1.15. The zero-order valence-electron chi connectivity index (χ0n) is 18.1. The number of carbonyl (C=O) groups is 2. The third-order valence-electron chi connectivity index (χ3n) is 5.93. The smallest absolute Gasteiger partial charge is 0.240 e. The number of anilines is 3. The van der Waals surface area contributed by atoms with Gasteiger partial charge in [-0.3, -0.25) is 9.59 Å². The molecule has 0 saturated heterocycles. The standard InChI is InChI=1S/C24H31N3O2/c1-6-27(7-2)19-11-12-20(18(5)15-19)25-22(28)24(13-14-24)23(29)26-21-16(3)9-8-10-17(21)4/h8-12,15H,6-7,13-14H2,1-5H3,(H,25,28)(H,26,29). The molecule has 1 aliphatic rings. The molecule has 1 saturated carbocycles. The molecule has 0 aliphatic heterocycles. The van der Waals surface area contributed by atoms with Crippen LogP contribution in [0.1, 0.15) is 43.4 Å². The van der Waals surface area contributed by atoms with Gasteiger partial charge in [0.15, 0.2) is 0 Å². The van der Waals surface area contributed by atoms with Gasteiger partial charge < -0.3 is 15.5 Å². The molecule has 0 radical (unpaired) electrons. The summed E-state index contributed by atoms with van der Waals surface area (Å²) < 4.78 is 0. The van der Waals surface area contributed by atoms with E-state index in [9.17, 15) is 9.59 Å². The Morgan fingerprint density at radius 3 is 2.00 bits per heavy atom. The van der Waals surface area contributed by atoms with Crippen LogP contribution in [0, 0.1) is 26.2 Å². The molecule has 1 aliphatic carbocycles. The first-order valence-electron chi connectivity index (χ1n) is 10.4. The van der Waals surface area contributed by atoms with E-state index in [4.69, 9.17) is 0 Å². The quantitative estimate of drug-likeness (QED) is 0.663. The number of amides is 2. The lowest BCUT2D eigenvalue weighted by atomic mass is 10.0. The number of hydrogen-bond donors (Lipinski definition) is 2. The van der Waals surface area contributed by atoms with Crippen LogP contribution in [-0.2, 0) is 9.59 Å². The summed E-state index contributed by atoms with van der Waals surface area (Å²) in [5.41, 5.74) is 4.72. The Labute approximate surface area is 173 Å². The summed E-state index contributed by atoms with van der Waals surface area (Å²) in [4.78, 5) is 28.2. The first-order chi connectivity index (χ1) is 13.8. The molecule has 0 aromatic heterocycles. The zero-order chi connectivity index (χ0) is 21.2. The third-order valence-corrected chi connectivity index (χ3v) is 5.93. The van der Waals surface area contributed by atoms with Gasteiger partial charge in [0.2, 0.25) is 11.8 Å². The molecule has 2 aromatic carbocycles. The second-order valence-corrected chi connectivity index (χ2v) is 7.93. The predicted octanol–water partition coefficient (Wildman–Crippen LogP) is 4.82. The third kappa shape index (κ3) is 4.14. The maximum Gasteiger partial charge on any atom is 0.240 e. The molecule has 5 heteroatoms. The topological polar surface area (TPSA) is 61.4 Å². The summed E-state index contributed by atoms with van der Waals surface area (Å²) in [5, 5.41) is 5.99. The van der Waals surface area contributed by atoms with Crippen LogP contribution >= 0.6 is 0 Å². The predicted molar refractivity (Wildman–Crippen MR) is 120 cm³/mol. The molecule has 2 amide bonds. The van der Waals surface area contributed by atoms with Crippen molar-refractivity contribution >= 4 is 28.9 Å². The number of nitrogens with zero attached hydrogens (tertiary/aromatic N) is 1. The minimum absolute atomic E-state index is 0.218. The highest BCUT2D eigenvalue weighted by Crippen LogP contribution is 2.48. The van der Waals surface area contributed by atoms with E-state index in [0.717, 1.165) is 46.8 Å². The van der Waals surface area contributed by atoms with Crippen LogP contribution in [0.5, 0.6) is 0 Å². The fraction of sp³-hybridized carbons (Fsp3) is 0.417. The SMILES string of the molecule is CCN(CC)c1ccc(NC(=O)C2(C(=O)Nc3c(C)cccc3C)CC2)c(C)c1. The Balaban J connectivity index is 1.74. The average Bonchev–Trinajstić information content (AvgIpc) is 3.50. The van der Waals surface area contributed by atoms with E-state index in [1.54, 1.807) is 0 Å². The van der Waals surface area contributed by atoms with Gasteiger partial charge in [0.05, 0.1) is 0 Å². The first kappa shape index (κ1) is 20.9. The molecule has 0 unspecified atom stereocenters. The Kier molecular flexibility index (Phi) is 5.96. The Morgan fingerprint density at radius 1 is 0.897 bits per heavy atom. The fourth-order valence-electron chi connectivity index (χ4n) is 3.74. The van der Waals surface area contributed by atoms with Crippen molar-refractivity contribution in [1.29, 1.82) is 0 Å². The minimum atomic E-state index is -0.974. The second-order valence-electron chi connectivity index (χ2n) is 7.93. The van der Waals surface area contributed by atoms with Gasteiger partial charge in [-0.25, -0.2) is 0 Å². The summed E-state index contributed by atoms with van der Waals surface area (Å²) in [7, 11) is 0. The molecule has 29 heavy (non-hydrogen) atoms. The van der Waals surface area contributed by atoms with Crippen LogP contribution in [0.4, 0.5) is 17.1 Å². The lowest BCUT2D eigenvalue weighted by molar-refractivity contribution is -0.131. The van der Waals surface area contributed by atoms with E-state index in [1.165, 1.54) is 0 Å². The number of benzene rings is 2. The highest BCUT2D eigenvalue weighted by molar-refractivity contribution is 6.17. The van der Waals surface area contributed by atoms with Gasteiger partial charge in [0, 0.05) is 30.2 Å². The maximum atomic E-state index is 13.0. The van der Waals surface area contributed by atoms with Crippen molar-refractivity contribution in [2.45, 2.75) is 47.5 Å². The van der Waals surface area contributed by atoms with Crippen LogP contribution in [0.3, 0.4) is 0 Å². The summed E-state index contributed by atoms with van der Waals surface area (Å²) >= 11 is 0. The lowest BCUT2D eigenvalue weighted by Gasteiger charge is -2.23. The van der Waals surface area contributed by atoms with Crippen LogP contribution in [0.25, 0.3) is 0 Å². The number of nitrogens with one attached hydrogen (secondary N) is 2. The van der Waals surface area contributed by atoms with E-state index >= 15 is 0 Å². The molecule has 2 aromatic rings. The van der Waals surface area contributed by atoms with Gasteiger partial charge in [0.25, 0.3) is 0 Å². The molecule has 154 valence electrons. The van der Waals surface area contributed by atoms with Gasteiger partial charge in [-0.1, -0.05) is 18.2 Å². The number of rotatable bonds is 7. The molecule has 5 nitrogen and oxygen atoms in total. The van der Waals surface area contributed by atoms with Crippen molar-refractivity contribution in [3.05, 3.63) is 53.1 Å². The van der Waals surface area contributed by atoms with E-state index in [0.29, 0.717) is 12.8 Å². The number of carbonyl (C=O) groups excluding carboxylic acids is 2. The molecule has 0 heterocycles. The lowest BCUT2D eigenvalue weighted by Crippen LogP contribution is -2.36. The van der Waals surface area contributed by atoms with Crippen molar-refractivity contribution < 1.29 is 9.59 Å². The van der Waals surface area contributed by atoms with E-state index < -0.39 is 5.41 Å². The zero-order valence-corrected chi connectivity index (χ0v) is 18.1. The number of para-hydroxylation sites is 1. The molecule has 2 N–H and O–H groups in total. The maximum absolute atomic E-state index is 13.0. The average molecular weight is 394 g/mol. The van der Waals surface area contributed by atoms with Crippen molar-refractivity contribution in [2.24, 2.45) is 5.41 Å². The number of aryl methyl sites for hydroxylation is 3. The number of hydrogen-bond acceptors (Lipinski definition) is 3. The molecule has 0 bridgehead atoms. The van der Waals surface area contributed by atoms with Crippen molar-refractivity contribution in [1.82, 2.24) is 0 Å². The molecule has 1 fully saturated rings. The second kappa shape index (κ2) is 8.27. The van der Waals surface area contributed by atoms with Gasteiger partial charge in [-0.05, 0) is 82.3 Å². The van der Waals surface area contributed by atoms with Crippen LogP contribution in [-0.4, -0.2) is 24.9 Å². The van der Waals surface area contributed by atoms with Gasteiger partial charge in [-0.2, -0.15) is 0 Å². The Bertz CT molecular complexity index is 907. The highest BCUT2D eigenvalue weighted by Gasteiger charge is 2.56. The largest absolute Gasteiger partial charge is 0.372 e. The summed E-state index contributed by atoms with van der Waals surface area (Å²) in [5.74, 6) is -0.440. The fourth-order valence-corrected chi connectivity index (χ4v) is 3.74. The van der Waals surface area contributed by atoms with Crippen LogP contribution in [0.2, 0.25) is 0 Å². The first-order valence-corrected chi connectivity index (χ1v) is 10.4. The van der Waals surface area contributed by atoms with E-state index in [1.807, 2.05) is 51.1 Å². The molecule has 0 spiro atoms. The minimum Gasteiger partial charge on any atom is -0.372 e. The van der Waals surface area contributed by atoms with Crippen LogP contribution in [0.15, 0.2) is 36.4 Å². The van der Waals surface area contributed by atoms with E-state index in [-0.39, 0.29) is 11.8 Å². The monoisotopic (exact) mass is 393 g/mol. The van der Waals surface area contributed by atoms with Gasteiger partial charge >= 0.3 is 0 Å². The molecule has 3 rings (SSSR count). The normalized spacial score (nSPS) is 14.2. The molecule has 0 atom stereocenters. The molecular weight excluding hydrogens is 362 g/mol. The molecular formula is C24H31N3O2. The Hall–Kier alpha value is -2.82. The van der Waals surface area contributed by atoms with Gasteiger partial charge in [-0.15, -0.1) is 0 Å². The van der Waals surface area contributed by atoms with Crippen molar-refractivity contribution in [3.63, 3.8) is 0 Å². The van der Waals surface area contributed by atoms with Crippen molar-refractivity contribution in [3.8, 4) is 0 Å². The van der Waals surface area contributed by atoms with Crippen molar-refractivity contribution in [2.75, 3.05) is 28.6 Å². The Morgan fingerprint density at radius 2 is 1.48 bits per heavy atom.